The van der Waals surface area contributed by atoms with Crippen LogP contribution in [0.2, 0.25) is 0 Å². The molecule has 4 aromatic rings. The van der Waals surface area contributed by atoms with Crippen LogP contribution in [0.15, 0.2) is 66.7 Å². The maximum Gasteiger partial charge on any atom is 0.269 e. The van der Waals surface area contributed by atoms with E-state index >= 15 is 0 Å². The van der Waals surface area contributed by atoms with E-state index < -0.39 is 20.7 Å². The summed E-state index contributed by atoms with van der Waals surface area (Å²) in [6, 6.07) is 18.6. The molecule has 0 saturated carbocycles. The van der Waals surface area contributed by atoms with E-state index in [9.17, 15) is 23.3 Å². The second kappa shape index (κ2) is 7.27. The van der Waals surface area contributed by atoms with E-state index in [0.717, 1.165) is 10.8 Å². The monoisotopic (exact) mass is 448 g/mol. The zero-order valence-corrected chi connectivity index (χ0v) is 17.4. The molecule has 0 fully saturated rings. The average Bonchev–Trinajstić information content (AvgIpc) is 3.25. The Balaban J connectivity index is 1.55. The molecule has 32 heavy (non-hydrogen) atoms. The third-order valence-corrected chi connectivity index (χ3v) is 6.78. The van der Waals surface area contributed by atoms with Crippen LogP contribution in [0.1, 0.15) is 21.6 Å². The molecule has 160 valence electrons. The van der Waals surface area contributed by atoms with Crippen molar-refractivity contribution in [3.8, 4) is 5.69 Å². The van der Waals surface area contributed by atoms with Gasteiger partial charge in [-0.25, -0.2) is 13.1 Å². The number of sulfone groups is 1. The minimum atomic E-state index is -3.35. The van der Waals surface area contributed by atoms with Crippen molar-refractivity contribution in [1.29, 1.82) is 0 Å². The lowest BCUT2D eigenvalue weighted by atomic mass is 10.1. The van der Waals surface area contributed by atoms with Crippen molar-refractivity contribution in [2.24, 2.45) is 0 Å². The van der Waals surface area contributed by atoms with Gasteiger partial charge in [0.25, 0.3) is 11.6 Å². The Morgan fingerprint density at radius 3 is 2.44 bits per heavy atom. The number of nitrogens with zero attached hydrogens (tertiary/aromatic N) is 3. The first-order chi connectivity index (χ1) is 15.3. The number of aromatic nitrogens is 2. The number of non-ortho nitro benzene ring substituents is 1. The van der Waals surface area contributed by atoms with Gasteiger partial charge in [-0.05, 0) is 35.0 Å². The highest BCUT2D eigenvalue weighted by atomic mass is 32.2. The maximum atomic E-state index is 13.1. The Labute approximate surface area is 182 Å². The zero-order chi connectivity index (χ0) is 22.5. The fourth-order valence-corrected chi connectivity index (χ4v) is 5.28. The van der Waals surface area contributed by atoms with Crippen LogP contribution in [-0.2, 0) is 21.3 Å². The highest BCUT2D eigenvalue weighted by molar-refractivity contribution is 7.90. The normalized spacial score (nSPS) is 14.2. The molecule has 1 aromatic heterocycles. The summed E-state index contributed by atoms with van der Waals surface area (Å²) in [6.07, 6.45) is 0. The largest absolute Gasteiger partial charge is 0.306 e. The van der Waals surface area contributed by atoms with E-state index in [1.54, 1.807) is 12.1 Å². The van der Waals surface area contributed by atoms with E-state index in [1.807, 2.05) is 30.3 Å². The van der Waals surface area contributed by atoms with Gasteiger partial charge in [0.1, 0.15) is 5.82 Å². The fourth-order valence-electron chi connectivity index (χ4n) is 3.78. The van der Waals surface area contributed by atoms with Crippen LogP contribution in [0.3, 0.4) is 0 Å². The van der Waals surface area contributed by atoms with Crippen molar-refractivity contribution in [3.05, 3.63) is 93.7 Å². The Kier molecular flexibility index (Phi) is 4.52. The average molecular weight is 448 g/mol. The van der Waals surface area contributed by atoms with E-state index in [-0.39, 0.29) is 23.0 Å². The highest BCUT2D eigenvalue weighted by Gasteiger charge is 2.33. The van der Waals surface area contributed by atoms with E-state index in [0.29, 0.717) is 22.5 Å². The summed E-state index contributed by atoms with van der Waals surface area (Å²) in [5.41, 5.74) is 1.58. The van der Waals surface area contributed by atoms with Gasteiger partial charge in [-0.3, -0.25) is 14.9 Å². The molecule has 3 aromatic carbocycles. The number of nitro groups is 1. The molecule has 0 unspecified atom stereocenters. The highest BCUT2D eigenvalue weighted by Crippen LogP contribution is 2.33. The molecule has 2 heterocycles. The third kappa shape index (κ3) is 3.50. The van der Waals surface area contributed by atoms with Crippen molar-refractivity contribution in [2.45, 2.75) is 11.5 Å². The smallest absolute Gasteiger partial charge is 0.269 e. The fraction of sp³-hybridized carbons (Fsp3) is 0.0909. The number of carbonyl (C=O) groups is 1. The Bertz CT molecular complexity index is 1510. The van der Waals surface area contributed by atoms with Gasteiger partial charge in [-0.15, -0.1) is 0 Å². The van der Waals surface area contributed by atoms with Gasteiger partial charge in [0.15, 0.2) is 9.84 Å². The summed E-state index contributed by atoms with van der Waals surface area (Å²) in [7, 11) is -3.35. The summed E-state index contributed by atoms with van der Waals surface area (Å²) in [5, 5.41) is 20.0. The van der Waals surface area contributed by atoms with Crippen LogP contribution in [0.5, 0.6) is 0 Å². The molecule has 0 saturated heterocycles. The van der Waals surface area contributed by atoms with Gasteiger partial charge in [0.05, 0.1) is 27.8 Å². The topological polar surface area (TPSA) is 124 Å². The minimum absolute atomic E-state index is 0.0854. The molecule has 0 aliphatic carbocycles. The molecule has 1 amide bonds. The number of benzene rings is 3. The van der Waals surface area contributed by atoms with E-state index in [4.69, 9.17) is 0 Å². The first-order valence-electron chi connectivity index (χ1n) is 9.67. The standard InChI is InChI=1S/C22H16N4O5S/c27-22(16-6-5-14-3-1-2-4-15(14)11-16)23-21-19-12-32(30,31)13-20(19)24-25(21)17-7-9-18(10-8-17)26(28)29/h1-11H,12-13H2,(H,23,27). The quantitative estimate of drug-likeness (QED) is 0.376. The molecular weight excluding hydrogens is 432 g/mol. The number of rotatable bonds is 4. The van der Waals surface area contributed by atoms with Crippen molar-refractivity contribution in [2.75, 3.05) is 5.32 Å². The predicted molar refractivity (Wildman–Crippen MR) is 118 cm³/mol. The molecule has 1 N–H and O–H groups in total. The molecule has 1 aliphatic rings. The number of hydrogen-bond acceptors (Lipinski definition) is 6. The third-order valence-electron chi connectivity index (χ3n) is 5.34. The zero-order valence-electron chi connectivity index (χ0n) is 16.6. The van der Waals surface area contributed by atoms with Crippen LogP contribution < -0.4 is 5.32 Å². The SMILES string of the molecule is O=C(Nc1c2c(nn1-c1ccc([N+](=O)[O-])cc1)CS(=O)(=O)C2)c1ccc2ccccc2c1. The summed E-state index contributed by atoms with van der Waals surface area (Å²) >= 11 is 0. The molecule has 5 rings (SSSR count). The lowest BCUT2D eigenvalue weighted by Crippen LogP contribution is -2.17. The van der Waals surface area contributed by atoms with Gasteiger partial charge in [0, 0.05) is 23.3 Å². The second-order valence-electron chi connectivity index (χ2n) is 7.51. The van der Waals surface area contributed by atoms with Crippen LogP contribution >= 0.6 is 0 Å². The van der Waals surface area contributed by atoms with Crippen LogP contribution in [0, 0.1) is 10.1 Å². The molecule has 10 heteroatoms. The molecule has 9 nitrogen and oxygen atoms in total. The molecule has 1 aliphatic heterocycles. The molecule has 0 bridgehead atoms. The first kappa shape index (κ1) is 19.9. The Hall–Kier alpha value is -4.05. The van der Waals surface area contributed by atoms with Crippen molar-refractivity contribution in [3.63, 3.8) is 0 Å². The number of anilines is 1. The number of fused-ring (bicyclic) bond motifs is 2. The summed E-state index contributed by atoms with van der Waals surface area (Å²) in [5.74, 6) is -0.622. The number of amides is 1. The molecule has 0 spiro atoms. The van der Waals surface area contributed by atoms with Crippen molar-refractivity contribution in [1.82, 2.24) is 9.78 Å². The Morgan fingerprint density at radius 1 is 1.00 bits per heavy atom. The van der Waals surface area contributed by atoms with Crippen molar-refractivity contribution >= 4 is 38.0 Å². The van der Waals surface area contributed by atoms with Crippen LogP contribution in [0.4, 0.5) is 11.5 Å². The van der Waals surface area contributed by atoms with E-state index in [1.165, 1.54) is 28.9 Å². The second-order valence-corrected chi connectivity index (χ2v) is 9.57. The number of nitro benzene ring substituents is 1. The van der Waals surface area contributed by atoms with Crippen LogP contribution in [0.25, 0.3) is 16.5 Å². The lowest BCUT2D eigenvalue weighted by Gasteiger charge is -2.11. The molecule has 0 radical (unpaired) electrons. The van der Waals surface area contributed by atoms with Gasteiger partial charge in [0.2, 0.25) is 0 Å². The lowest BCUT2D eigenvalue weighted by molar-refractivity contribution is -0.384. The number of hydrogen-bond donors (Lipinski definition) is 1. The maximum absolute atomic E-state index is 13.1. The van der Waals surface area contributed by atoms with Crippen molar-refractivity contribution < 1.29 is 18.1 Å². The number of carbonyl (C=O) groups excluding carboxylic acids is 1. The molecule has 0 atom stereocenters. The number of nitrogens with one attached hydrogen (secondary N) is 1. The summed E-state index contributed by atoms with van der Waals surface area (Å²) in [6.45, 7) is 0. The van der Waals surface area contributed by atoms with Crippen LogP contribution in [-0.4, -0.2) is 29.0 Å². The molecular formula is C22H16N4O5S. The van der Waals surface area contributed by atoms with Gasteiger partial charge in [-0.1, -0.05) is 30.3 Å². The minimum Gasteiger partial charge on any atom is -0.306 e. The predicted octanol–water partition coefficient (Wildman–Crippen LogP) is 3.61. The van der Waals surface area contributed by atoms with Gasteiger partial charge < -0.3 is 5.32 Å². The summed E-state index contributed by atoms with van der Waals surface area (Å²) < 4.78 is 25.7. The van der Waals surface area contributed by atoms with Gasteiger partial charge in [-0.2, -0.15) is 5.10 Å². The van der Waals surface area contributed by atoms with E-state index in [2.05, 4.69) is 10.4 Å². The first-order valence-corrected chi connectivity index (χ1v) is 11.5. The summed E-state index contributed by atoms with van der Waals surface area (Å²) in [4.78, 5) is 23.5. The van der Waals surface area contributed by atoms with Gasteiger partial charge >= 0.3 is 0 Å². The Morgan fingerprint density at radius 2 is 1.72 bits per heavy atom.